The first-order valence-electron chi connectivity index (χ1n) is 19.7. The van der Waals surface area contributed by atoms with Crippen molar-refractivity contribution in [2.24, 2.45) is 0 Å². The minimum atomic E-state index is -4.41. The first-order valence-corrected chi connectivity index (χ1v) is 21.0. The second kappa shape index (κ2) is 35.7. The van der Waals surface area contributed by atoms with E-state index in [4.69, 9.17) is 0 Å². The topological polar surface area (TPSA) is 66.4 Å². The standard InChI is InChI=1S/C37H78N.CH4O4S/c1-5-9-11-13-15-17-19-21-23-25-27-29-31-33-36-38(8-4,35-7-3)37-34-32-30-28-26-24-22-20-18-16-14-12-10-6-2;1-5-6(2,3)4/h5-37H2,1-4H3;1H3,(H,2,3,4)/q+1;/p-1. The van der Waals surface area contributed by atoms with Gasteiger partial charge >= 0.3 is 0 Å². The molecule has 5 nitrogen and oxygen atoms in total. The van der Waals surface area contributed by atoms with Crippen molar-refractivity contribution in [2.75, 3.05) is 33.3 Å². The van der Waals surface area contributed by atoms with Gasteiger partial charge in [0.05, 0.1) is 33.3 Å². The van der Waals surface area contributed by atoms with E-state index in [-0.39, 0.29) is 0 Å². The number of nitrogens with zero attached hydrogens (tertiary/aromatic N) is 1. The molecule has 268 valence electrons. The average molecular weight is 648 g/mol. The van der Waals surface area contributed by atoms with Crippen molar-refractivity contribution in [3.63, 3.8) is 0 Å². The van der Waals surface area contributed by atoms with Crippen LogP contribution in [0.2, 0.25) is 0 Å². The normalized spacial score (nSPS) is 12.0. The van der Waals surface area contributed by atoms with Gasteiger partial charge in [0.25, 0.3) is 0 Å². The Labute approximate surface area is 278 Å². The van der Waals surface area contributed by atoms with Crippen LogP contribution in [-0.4, -0.2) is 50.7 Å². The molecule has 0 N–H and O–H groups in total. The summed E-state index contributed by atoms with van der Waals surface area (Å²) in [4.78, 5) is 0. The Morgan fingerprint density at radius 2 is 0.636 bits per heavy atom. The van der Waals surface area contributed by atoms with Crippen LogP contribution in [0.15, 0.2) is 0 Å². The molecule has 0 aromatic heterocycles. The first-order chi connectivity index (χ1) is 21.3. The van der Waals surface area contributed by atoms with Crippen LogP contribution in [0.3, 0.4) is 0 Å². The highest BCUT2D eigenvalue weighted by atomic mass is 32.3. The van der Waals surface area contributed by atoms with Gasteiger partial charge in [0.15, 0.2) is 0 Å². The second-order valence-electron chi connectivity index (χ2n) is 13.6. The Morgan fingerprint density at radius 1 is 0.409 bits per heavy atom. The van der Waals surface area contributed by atoms with Gasteiger partial charge in [-0.3, -0.25) is 4.18 Å². The van der Waals surface area contributed by atoms with Crippen molar-refractivity contribution >= 4 is 10.4 Å². The minimum absolute atomic E-state index is 0.808. The molecule has 44 heavy (non-hydrogen) atoms. The summed E-state index contributed by atoms with van der Waals surface area (Å²) in [5.74, 6) is 0. The van der Waals surface area contributed by atoms with Crippen molar-refractivity contribution in [1.82, 2.24) is 0 Å². The molecule has 0 rings (SSSR count). The van der Waals surface area contributed by atoms with Crippen LogP contribution in [0.5, 0.6) is 0 Å². The van der Waals surface area contributed by atoms with Gasteiger partial charge in [-0.1, -0.05) is 175 Å². The van der Waals surface area contributed by atoms with Gasteiger partial charge in [0, 0.05) is 0 Å². The Hall–Kier alpha value is -0.170. The quantitative estimate of drug-likeness (QED) is 0.0302. The fourth-order valence-electron chi connectivity index (χ4n) is 6.57. The SMILES string of the molecule is CCCCCCCCCCCCCCCC[N+](CC)(CCC)CCCCCCCCCCCCCCCC.COS(=O)(=O)[O-]. The summed E-state index contributed by atoms with van der Waals surface area (Å²) in [6.07, 6.45) is 42.5. The van der Waals surface area contributed by atoms with E-state index in [9.17, 15) is 13.0 Å². The maximum Gasteiger partial charge on any atom is 0.217 e. The molecule has 6 heteroatoms. The van der Waals surface area contributed by atoms with Gasteiger partial charge in [0.1, 0.15) is 0 Å². The summed E-state index contributed by atoms with van der Waals surface area (Å²) in [7, 11) is -3.60. The van der Waals surface area contributed by atoms with Crippen LogP contribution < -0.4 is 0 Å². The first kappa shape index (κ1) is 46.0. The fourth-order valence-corrected chi connectivity index (χ4v) is 6.57. The maximum atomic E-state index is 9.22. The molecule has 0 aliphatic rings. The lowest BCUT2D eigenvalue weighted by atomic mass is 10.0. The van der Waals surface area contributed by atoms with E-state index in [1.807, 2.05) is 0 Å². The Morgan fingerprint density at radius 3 is 0.818 bits per heavy atom. The van der Waals surface area contributed by atoms with Gasteiger partial charge in [-0.2, -0.15) is 0 Å². The zero-order valence-corrected chi connectivity index (χ0v) is 31.6. The van der Waals surface area contributed by atoms with Crippen molar-refractivity contribution in [3.8, 4) is 0 Å². The van der Waals surface area contributed by atoms with Gasteiger partial charge in [-0.15, -0.1) is 0 Å². The highest BCUT2D eigenvalue weighted by molar-refractivity contribution is 7.80. The van der Waals surface area contributed by atoms with E-state index in [0.29, 0.717) is 0 Å². The zero-order valence-electron chi connectivity index (χ0n) is 30.8. The van der Waals surface area contributed by atoms with Crippen LogP contribution in [-0.2, 0) is 14.6 Å². The lowest BCUT2D eigenvalue weighted by Crippen LogP contribution is -2.49. The monoisotopic (exact) mass is 648 g/mol. The molecule has 0 spiro atoms. The largest absolute Gasteiger partial charge is 0.726 e. The molecular formula is C38H81NO4S. The molecule has 0 amide bonds. The fraction of sp³-hybridized carbons (Fsp3) is 1.00. The van der Waals surface area contributed by atoms with Crippen LogP contribution in [0.1, 0.15) is 214 Å². The van der Waals surface area contributed by atoms with Crippen LogP contribution >= 0.6 is 0 Å². The summed E-state index contributed by atoms with van der Waals surface area (Å²) in [6.45, 7) is 15.1. The second-order valence-corrected chi connectivity index (χ2v) is 14.7. The summed E-state index contributed by atoms with van der Waals surface area (Å²) in [6, 6.07) is 0. The van der Waals surface area contributed by atoms with E-state index < -0.39 is 10.4 Å². The third-order valence-electron chi connectivity index (χ3n) is 9.54. The van der Waals surface area contributed by atoms with E-state index in [0.717, 1.165) is 7.11 Å². The Balaban J connectivity index is 0. The summed E-state index contributed by atoms with van der Waals surface area (Å²) < 4.78 is 32.4. The zero-order chi connectivity index (χ0) is 33.0. The maximum absolute atomic E-state index is 9.22. The number of hydrogen-bond acceptors (Lipinski definition) is 4. The van der Waals surface area contributed by atoms with Crippen molar-refractivity contribution in [2.45, 2.75) is 214 Å². The van der Waals surface area contributed by atoms with Crippen LogP contribution in [0.4, 0.5) is 0 Å². The van der Waals surface area contributed by atoms with E-state index >= 15 is 0 Å². The molecule has 0 aliphatic heterocycles. The average Bonchev–Trinajstić information content (AvgIpc) is 3.01. The van der Waals surface area contributed by atoms with E-state index in [1.54, 1.807) is 0 Å². The predicted molar refractivity (Wildman–Crippen MR) is 193 cm³/mol. The molecule has 0 aromatic carbocycles. The molecule has 0 saturated heterocycles. The number of quaternary nitrogens is 1. The molecule has 0 atom stereocenters. The highest BCUT2D eigenvalue weighted by Crippen LogP contribution is 2.18. The minimum Gasteiger partial charge on any atom is -0.726 e. The summed E-state index contributed by atoms with van der Waals surface area (Å²) in [5, 5.41) is 0. The predicted octanol–water partition coefficient (Wildman–Crippen LogP) is 12.3. The smallest absolute Gasteiger partial charge is 0.217 e. The van der Waals surface area contributed by atoms with E-state index in [2.05, 4.69) is 31.9 Å². The molecule has 0 aliphatic carbocycles. The third kappa shape index (κ3) is 36.3. The van der Waals surface area contributed by atoms with Gasteiger partial charge in [-0.25, -0.2) is 8.42 Å². The van der Waals surface area contributed by atoms with Gasteiger partial charge in [-0.05, 0) is 39.0 Å². The molecular weight excluding hydrogens is 566 g/mol. The van der Waals surface area contributed by atoms with Gasteiger partial charge in [0.2, 0.25) is 10.4 Å². The van der Waals surface area contributed by atoms with E-state index in [1.165, 1.54) is 217 Å². The molecule has 0 unspecified atom stereocenters. The molecule has 0 heterocycles. The van der Waals surface area contributed by atoms with Gasteiger partial charge < -0.3 is 9.04 Å². The summed E-state index contributed by atoms with van der Waals surface area (Å²) >= 11 is 0. The Kier molecular flexibility index (Phi) is 37.3. The lowest BCUT2D eigenvalue weighted by molar-refractivity contribution is -0.927. The number of hydrogen-bond donors (Lipinski definition) is 0. The Bertz CT molecular complexity index is 609. The van der Waals surface area contributed by atoms with Crippen LogP contribution in [0.25, 0.3) is 0 Å². The molecule has 0 radical (unpaired) electrons. The van der Waals surface area contributed by atoms with Crippen molar-refractivity contribution in [3.05, 3.63) is 0 Å². The molecule has 0 aromatic rings. The summed E-state index contributed by atoms with van der Waals surface area (Å²) in [5.41, 5.74) is 0. The molecule has 0 fully saturated rings. The third-order valence-corrected chi connectivity index (χ3v) is 9.95. The lowest BCUT2D eigenvalue weighted by Gasteiger charge is -2.38. The van der Waals surface area contributed by atoms with Crippen LogP contribution in [0, 0.1) is 0 Å². The highest BCUT2D eigenvalue weighted by Gasteiger charge is 2.23. The van der Waals surface area contributed by atoms with Crippen molar-refractivity contribution in [1.29, 1.82) is 0 Å². The number of rotatable bonds is 34. The number of unbranched alkanes of at least 4 members (excludes halogenated alkanes) is 26. The molecule has 0 bridgehead atoms. The van der Waals surface area contributed by atoms with Crippen molar-refractivity contribution < 1.29 is 21.6 Å². The molecule has 0 saturated carbocycles.